The summed E-state index contributed by atoms with van der Waals surface area (Å²) in [6.45, 7) is -0.0797. The first-order valence-corrected chi connectivity index (χ1v) is 12.0. The van der Waals surface area contributed by atoms with Crippen LogP contribution in [0.25, 0.3) is 0 Å². The number of carbonyl (C=O) groups excluding carboxylic acids is 2. The Morgan fingerprint density at radius 2 is 1.40 bits per heavy atom. The fraction of sp³-hybridized carbons (Fsp3) is 0.462. The lowest BCUT2D eigenvalue weighted by Crippen LogP contribution is -2.51. The summed E-state index contributed by atoms with van der Waals surface area (Å²) in [5.41, 5.74) is 0.683. The molecule has 4 fully saturated rings. The Bertz CT molecular complexity index is 873. The highest BCUT2D eigenvalue weighted by Crippen LogP contribution is 2.60. The van der Waals surface area contributed by atoms with Gasteiger partial charge in [0, 0.05) is 10.3 Å². The smallest absolute Gasteiger partial charge is 0.324 e. The number of ketones is 1. The van der Waals surface area contributed by atoms with Gasteiger partial charge < -0.3 is 4.74 Å². The van der Waals surface area contributed by atoms with E-state index in [9.17, 15) is 9.59 Å². The highest BCUT2D eigenvalue weighted by atomic mass is 32.2. The van der Waals surface area contributed by atoms with E-state index in [0.717, 1.165) is 29.7 Å². The van der Waals surface area contributed by atoms with Gasteiger partial charge in [0.15, 0.2) is 12.4 Å². The largest absolute Gasteiger partial charge is 0.457 e. The van der Waals surface area contributed by atoms with Crippen molar-refractivity contribution in [3.63, 3.8) is 0 Å². The molecule has 2 aromatic carbocycles. The van der Waals surface area contributed by atoms with Crippen LogP contribution in [0.1, 0.15) is 49.3 Å². The Balaban J connectivity index is 1.28. The molecule has 3 nitrogen and oxygen atoms in total. The van der Waals surface area contributed by atoms with Crippen molar-refractivity contribution in [2.45, 2.75) is 48.7 Å². The second-order valence-electron chi connectivity index (χ2n) is 9.45. The summed E-state index contributed by atoms with van der Waals surface area (Å²) in [7, 11) is 0. The van der Waals surface area contributed by atoms with Gasteiger partial charge in [0.25, 0.3) is 0 Å². The number of rotatable bonds is 7. The third kappa shape index (κ3) is 3.94. The molecule has 1 atom stereocenters. The summed E-state index contributed by atoms with van der Waals surface area (Å²) in [5, 5.41) is -0.474. The first-order valence-electron chi connectivity index (χ1n) is 11.1. The van der Waals surface area contributed by atoms with E-state index < -0.39 is 5.25 Å². The van der Waals surface area contributed by atoms with E-state index in [-0.39, 0.29) is 23.8 Å². The van der Waals surface area contributed by atoms with Crippen molar-refractivity contribution in [1.82, 2.24) is 0 Å². The van der Waals surface area contributed by atoms with Crippen LogP contribution in [0.15, 0.2) is 65.6 Å². The number of thioether (sulfide) groups is 1. The van der Waals surface area contributed by atoms with Gasteiger partial charge in [0.2, 0.25) is 0 Å². The van der Waals surface area contributed by atoms with Crippen molar-refractivity contribution in [2.75, 3.05) is 6.61 Å². The predicted molar refractivity (Wildman–Crippen MR) is 118 cm³/mol. The summed E-state index contributed by atoms with van der Waals surface area (Å²) in [6, 6.07) is 19.6. The topological polar surface area (TPSA) is 43.4 Å². The van der Waals surface area contributed by atoms with Crippen LogP contribution in [0.3, 0.4) is 0 Å². The number of benzene rings is 2. The lowest BCUT2D eigenvalue weighted by atomic mass is 9.48. The van der Waals surface area contributed by atoms with E-state index in [1.807, 2.05) is 60.7 Å². The summed E-state index contributed by atoms with van der Waals surface area (Å²) in [6.07, 6.45) is 6.94. The van der Waals surface area contributed by atoms with E-state index in [0.29, 0.717) is 17.8 Å². The van der Waals surface area contributed by atoms with Gasteiger partial charge in [0.05, 0.1) is 0 Å². The van der Waals surface area contributed by atoms with Crippen LogP contribution in [0, 0.1) is 23.2 Å². The number of hydrogen-bond acceptors (Lipinski definition) is 4. The zero-order valence-corrected chi connectivity index (χ0v) is 18.0. The van der Waals surface area contributed by atoms with Crippen LogP contribution < -0.4 is 0 Å². The van der Waals surface area contributed by atoms with E-state index in [1.165, 1.54) is 31.0 Å². The maximum Gasteiger partial charge on any atom is 0.324 e. The molecule has 0 spiro atoms. The molecule has 2 aromatic rings. The monoisotopic (exact) mass is 420 g/mol. The zero-order valence-electron chi connectivity index (χ0n) is 17.2. The molecule has 6 rings (SSSR count). The molecule has 4 heteroatoms. The molecule has 4 aliphatic carbocycles. The summed E-state index contributed by atoms with van der Waals surface area (Å²) >= 11 is 1.48. The average molecular weight is 421 g/mol. The first-order chi connectivity index (χ1) is 14.6. The molecule has 0 heterocycles. The molecule has 0 aromatic heterocycles. The van der Waals surface area contributed by atoms with Gasteiger partial charge in [-0.05, 0) is 74.0 Å². The number of Topliss-reactive ketones (excluding diaryl/α,β-unsaturated/α-hetero) is 1. The molecular formula is C26H28O3S. The Kier molecular flexibility index (Phi) is 5.44. The van der Waals surface area contributed by atoms with Gasteiger partial charge in [-0.15, -0.1) is 11.8 Å². The van der Waals surface area contributed by atoms with Crippen molar-refractivity contribution in [1.29, 1.82) is 0 Å². The van der Waals surface area contributed by atoms with Crippen LogP contribution in [-0.2, 0) is 14.3 Å². The second kappa shape index (κ2) is 8.22. The van der Waals surface area contributed by atoms with Gasteiger partial charge in [-0.1, -0.05) is 48.5 Å². The summed E-state index contributed by atoms with van der Waals surface area (Å²) < 4.78 is 5.67. The Morgan fingerprint density at radius 1 is 0.867 bits per heavy atom. The van der Waals surface area contributed by atoms with E-state index in [2.05, 4.69) is 0 Å². The Hall–Kier alpha value is -2.07. The number of esters is 1. The lowest BCUT2D eigenvalue weighted by Gasteiger charge is -2.55. The average Bonchev–Trinajstić information content (AvgIpc) is 2.76. The number of hydrogen-bond donors (Lipinski definition) is 0. The third-order valence-corrected chi connectivity index (χ3v) is 8.53. The summed E-state index contributed by atoms with van der Waals surface area (Å²) in [5.74, 6) is 1.96. The Labute approximate surface area is 182 Å². The van der Waals surface area contributed by atoms with Crippen LogP contribution in [-0.4, -0.2) is 18.4 Å². The maximum absolute atomic E-state index is 13.2. The van der Waals surface area contributed by atoms with Crippen molar-refractivity contribution >= 4 is 23.5 Å². The van der Waals surface area contributed by atoms with Crippen molar-refractivity contribution in [3.05, 3.63) is 66.2 Å². The van der Waals surface area contributed by atoms with Crippen molar-refractivity contribution < 1.29 is 14.3 Å². The van der Waals surface area contributed by atoms with Crippen LogP contribution in [0.5, 0.6) is 0 Å². The van der Waals surface area contributed by atoms with Gasteiger partial charge in [-0.3, -0.25) is 9.59 Å². The molecule has 0 aliphatic heterocycles. The van der Waals surface area contributed by atoms with Crippen LogP contribution >= 0.6 is 11.8 Å². The van der Waals surface area contributed by atoms with Gasteiger partial charge in [0.1, 0.15) is 5.25 Å². The summed E-state index contributed by atoms with van der Waals surface area (Å²) in [4.78, 5) is 27.3. The van der Waals surface area contributed by atoms with E-state index in [4.69, 9.17) is 4.74 Å². The van der Waals surface area contributed by atoms with Crippen molar-refractivity contribution in [2.24, 2.45) is 23.2 Å². The zero-order chi connectivity index (χ0) is 20.6. The van der Waals surface area contributed by atoms with Crippen molar-refractivity contribution in [3.8, 4) is 0 Å². The second-order valence-corrected chi connectivity index (χ2v) is 10.6. The molecule has 0 N–H and O–H groups in total. The standard InChI is InChI=1S/C26H28O3S/c27-23(26-14-18-11-19(15-26)13-20(12-18)16-26)17-29-25(28)24(21-7-3-1-4-8-21)30-22-9-5-2-6-10-22/h1-10,18-20,24H,11-17H2. The fourth-order valence-corrected chi connectivity index (χ4v) is 7.38. The molecular weight excluding hydrogens is 392 g/mol. The predicted octanol–water partition coefficient (Wildman–Crippen LogP) is 5.85. The molecule has 0 amide bonds. The minimum atomic E-state index is -0.474. The molecule has 4 bridgehead atoms. The normalized spacial score (nSPS) is 30.1. The highest BCUT2D eigenvalue weighted by Gasteiger charge is 2.54. The molecule has 4 aliphatic rings. The molecule has 156 valence electrons. The van der Waals surface area contributed by atoms with Crippen LogP contribution in [0.4, 0.5) is 0 Å². The van der Waals surface area contributed by atoms with Gasteiger partial charge in [-0.2, -0.15) is 0 Å². The minimum Gasteiger partial charge on any atom is -0.457 e. The number of ether oxygens (including phenoxy) is 1. The Morgan fingerprint density at radius 3 is 1.97 bits per heavy atom. The van der Waals surface area contributed by atoms with Crippen LogP contribution in [0.2, 0.25) is 0 Å². The molecule has 30 heavy (non-hydrogen) atoms. The van der Waals surface area contributed by atoms with Gasteiger partial charge in [-0.25, -0.2) is 0 Å². The SMILES string of the molecule is O=C(OCC(=O)C12CC3CC(CC(C3)C1)C2)C(Sc1ccccc1)c1ccccc1. The quantitative estimate of drug-likeness (QED) is 0.416. The third-order valence-electron chi connectivity index (χ3n) is 7.29. The van der Waals surface area contributed by atoms with Gasteiger partial charge >= 0.3 is 5.97 Å². The lowest BCUT2D eigenvalue weighted by molar-refractivity contribution is -0.157. The highest BCUT2D eigenvalue weighted by molar-refractivity contribution is 8.00. The minimum absolute atomic E-state index is 0.0797. The molecule has 4 saturated carbocycles. The fourth-order valence-electron chi connectivity index (χ4n) is 6.33. The van der Waals surface area contributed by atoms with E-state index in [1.54, 1.807) is 0 Å². The molecule has 0 radical (unpaired) electrons. The maximum atomic E-state index is 13.2. The number of carbonyl (C=O) groups is 2. The first kappa shape index (κ1) is 19.9. The molecule has 1 unspecified atom stereocenters. The molecule has 0 saturated heterocycles. The van der Waals surface area contributed by atoms with E-state index >= 15 is 0 Å².